The lowest BCUT2D eigenvalue weighted by Crippen LogP contribution is -2.14. The fraction of sp³-hybridized carbons (Fsp3) is 0.833. The van der Waals surface area contributed by atoms with Gasteiger partial charge in [-0.3, -0.25) is 0 Å². The average Bonchev–Trinajstić information content (AvgIpc) is 1.79. The van der Waals surface area contributed by atoms with Gasteiger partial charge in [-0.2, -0.15) is 0 Å². The van der Waals surface area contributed by atoms with Gasteiger partial charge >= 0.3 is 0 Å². The molecule has 0 aromatic heterocycles. The van der Waals surface area contributed by atoms with Crippen molar-refractivity contribution in [1.82, 2.24) is 4.90 Å². The third-order valence-electron chi connectivity index (χ3n) is 0.994. The van der Waals surface area contributed by atoms with Gasteiger partial charge in [-0.1, -0.05) is 24.0 Å². The second kappa shape index (κ2) is 5.95. The molecule has 0 aromatic carbocycles. The van der Waals surface area contributed by atoms with Crippen LogP contribution < -0.4 is 5.73 Å². The van der Waals surface area contributed by atoms with Crippen LogP contribution in [-0.2, 0) is 0 Å². The van der Waals surface area contributed by atoms with Gasteiger partial charge in [-0.05, 0) is 27.1 Å². The van der Waals surface area contributed by atoms with Gasteiger partial charge in [0.25, 0.3) is 0 Å². The summed E-state index contributed by atoms with van der Waals surface area (Å²) in [6.07, 6.45) is 1.15. The molecule has 0 unspecified atom stereocenters. The van der Waals surface area contributed by atoms with Crippen LogP contribution in [-0.4, -0.2) is 35.6 Å². The van der Waals surface area contributed by atoms with Gasteiger partial charge in [0.1, 0.15) is 4.32 Å². The molecule has 0 aliphatic heterocycles. The number of thiocarbonyl (C=S) groups is 1. The molecule has 0 bridgehead atoms. The third kappa shape index (κ3) is 8.20. The van der Waals surface area contributed by atoms with Crippen LogP contribution in [0.3, 0.4) is 0 Å². The summed E-state index contributed by atoms with van der Waals surface area (Å²) in [5.41, 5.74) is 5.29. The maximum absolute atomic E-state index is 5.29. The van der Waals surface area contributed by atoms with E-state index in [4.69, 9.17) is 18.0 Å². The molecule has 0 aromatic rings. The molecule has 0 heterocycles. The standard InChI is InChI=1S/C6H14N2S2/c1-8(2)4-3-5-10-6(7)9/h3-5H2,1-2H3,(H2,7,9). The van der Waals surface area contributed by atoms with E-state index in [2.05, 4.69) is 19.0 Å². The van der Waals surface area contributed by atoms with Gasteiger partial charge in [-0.25, -0.2) is 0 Å². The van der Waals surface area contributed by atoms with Crippen molar-refractivity contribution in [1.29, 1.82) is 0 Å². The molecule has 0 radical (unpaired) electrons. The lowest BCUT2D eigenvalue weighted by atomic mass is 10.5. The van der Waals surface area contributed by atoms with E-state index in [1.165, 1.54) is 0 Å². The van der Waals surface area contributed by atoms with E-state index in [0.29, 0.717) is 4.32 Å². The van der Waals surface area contributed by atoms with E-state index < -0.39 is 0 Å². The first-order valence-electron chi connectivity index (χ1n) is 3.20. The van der Waals surface area contributed by atoms with Crippen LogP contribution in [0.4, 0.5) is 0 Å². The summed E-state index contributed by atoms with van der Waals surface area (Å²) in [4.78, 5) is 2.15. The predicted octanol–water partition coefficient (Wildman–Crippen LogP) is 0.915. The second-order valence-electron chi connectivity index (χ2n) is 2.32. The average molecular weight is 178 g/mol. The Morgan fingerprint density at radius 2 is 2.20 bits per heavy atom. The van der Waals surface area contributed by atoms with Crippen LogP contribution in [0.1, 0.15) is 6.42 Å². The lowest BCUT2D eigenvalue weighted by Gasteiger charge is -2.07. The van der Waals surface area contributed by atoms with Crippen LogP contribution in [0, 0.1) is 0 Å². The molecular formula is C6H14N2S2. The van der Waals surface area contributed by atoms with Crippen LogP contribution in [0.25, 0.3) is 0 Å². The minimum absolute atomic E-state index is 0.554. The Bertz CT molecular complexity index is 104. The quantitative estimate of drug-likeness (QED) is 0.512. The molecule has 2 nitrogen and oxygen atoms in total. The Labute approximate surface area is 72.1 Å². The van der Waals surface area contributed by atoms with E-state index in [-0.39, 0.29) is 0 Å². The largest absolute Gasteiger partial charge is 0.385 e. The number of nitrogens with two attached hydrogens (primary N) is 1. The Balaban J connectivity index is 2.98. The van der Waals surface area contributed by atoms with E-state index in [1.807, 2.05) is 0 Å². The van der Waals surface area contributed by atoms with Gasteiger partial charge in [-0.15, -0.1) is 0 Å². The van der Waals surface area contributed by atoms with Gasteiger partial charge in [0.15, 0.2) is 0 Å². The summed E-state index contributed by atoms with van der Waals surface area (Å²) in [6.45, 7) is 1.11. The number of hydrogen-bond acceptors (Lipinski definition) is 3. The normalized spacial score (nSPS) is 10.3. The Hall–Kier alpha value is 0.200. The summed E-state index contributed by atoms with van der Waals surface area (Å²) in [7, 11) is 4.12. The highest BCUT2D eigenvalue weighted by Crippen LogP contribution is 2.01. The number of nitrogens with zero attached hydrogens (tertiary/aromatic N) is 1. The number of rotatable bonds is 4. The van der Waals surface area contributed by atoms with Gasteiger partial charge in [0.2, 0.25) is 0 Å². The zero-order valence-electron chi connectivity index (χ0n) is 6.46. The summed E-state index contributed by atoms with van der Waals surface area (Å²) in [5.74, 6) is 1.04. The fourth-order valence-electron chi connectivity index (χ4n) is 0.554. The van der Waals surface area contributed by atoms with E-state index >= 15 is 0 Å². The molecule has 0 saturated heterocycles. The molecule has 0 spiro atoms. The van der Waals surface area contributed by atoms with Crippen LogP contribution >= 0.6 is 24.0 Å². The van der Waals surface area contributed by atoms with E-state index in [9.17, 15) is 0 Å². The Morgan fingerprint density at radius 1 is 1.60 bits per heavy atom. The van der Waals surface area contributed by atoms with Crippen molar-refractivity contribution in [2.24, 2.45) is 5.73 Å². The molecule has 0 atom stereocenters. The van der Waals surface area contributed by atoms with Crippen molar-refractivity contribution < 1.29 is 0 Å². The molecule has 0 rings (SSSR count). The molecular weight excluding hydrogens is 164 g/mol. The van der Waals surface area contributed by atoms with Crippen molar-refractivity contribution in [2.45, 2.75) is 6.42 Å². The highest BCUT2D eigenvalue weighted by atomic mass is 32.2. The van der Waals surface area contributed by atoms with Gasteiger partial charge < -0.3 is 10.6 Å². The molecule has 0 aliphatic carbocycles. The number of thioether (sulfide) groups is 1. The second-order valence-corrected chi connectivity index (χ2v) is 4.16. The number of hydrogen-bond donors (Lipinski definition) is 1. The molecule has 0 aliphatic rings. The van der Waals surface area contributed by atoms with E-state index in [1.54, 1.807) is 11.8 Å². The Morgan fingerprint density at radius 3 is 2.60 bits per heavy atom. The molecule has 0 fully saturated rings. The molecule has 10 heavy (non-hydrogen) atoms. The zero-order chi connectivity index (χ0) is 7.98. The molecule has 4 heteroatoms. The SMILES string of the molecule is CN(C)CCCSC(N)=S. The summed E-state index contributed by atoms with van der Waals surface area (Å²) in [5, 5.41) is 0. The monoisotopic (exact) mass is 178 g/mol. The van der Waals surface area contributed by atoms with E-state index in [0.717, 1.165) is 18.7 Å². The van der Waals surface area contributed by atoms with Crippen molar-refractivity contribution in [3.05, 3.63) is 0 Å². The highest BCUT2D eigenvalue weighted by molar-refractivity contribution is 8.22. The Kier molecular flexibility index (Phi) is 6.06. The molecule has 0 amide bonds. The fourth-order valence-corrected chi connectivity index (χ4v) is 1.28. The van der Waals surface area contributed by atoms with Crippen molar-refractivity contribution in [2.75, 3.05) is 26.4 Å². The van der Waals surface area contributed by atoms with Crippen LogP contribution in [0.2, 0.25) is 0 Å². The lowest BCUT2D eigenvalue weighted by molar-refractivity contribution is 0.410. The molecule has 0 saturated carbocycles. The molecule has 2 N–H and O–H groups in total. The smallest absolute Gasteiger partial charge is 0.131 e. The van der Waals surface area contributed by atoms with Crippen molar-refractivity contribution >= 4 is 28.3 Å². The van der Waals surface area contributed by atoms with Crippen LogP contribution in [0.5, 0.6) is 0 Å². The van der Waals surface area contributed by atoms with Crippen LogP contribution in [0.15, 0.2) is 0 Å². The summed E-state index contributed by atoms with van der Waals surface area (Å²) < 4.78 is 0.554. The summed E-state index contributed by atoms with van der Waals surface area (Å²) in [6, 6.07) is 0. The van der Waals surface area contributed by atoms with Gasteiger partial charge in [0.05, 0.1) is 0 Å². The molecule has 60 valence electrons. The minimum Gasteiger partial charge on any atom is -0.385 e. The van der Waals surface area contributed by atoms with Gasteiger partial charge in [0, 0.05) is 5.75 Å². The minimum atomic E-state index is 0.554. The third-order valence-corrected chi connectivity index (χ3v) is 2.12. The summed E-state index contributed by atoms with van der Waals surface area (Å²) >= 11 is 6.26. The maximum atomic E-state index is 5.29. The maximum Gasteiger partial charge on any atom is 0.131 e. The topological polar surface area (TPSA) is 29.3 Å². The first-order valence-corrected chi connectivity index (χ1v) is 4.59. The predicted molar refractivity (Wildman–Crippen MR) is 52.4 cm³/mol. The first-order chi connectivity index (χ1) is 4.63. The van der Waals surface area contributed by atoms with Crippen molar-refractivity contribution in [3.63, 3.8) is 0 Å². The highest BCUT2D eigenvalue weighted by Gasteiger charge is 1.92. The zero-order valence-corrected chi connectivity index (χ0v) is 8.10. The van der Waals surface area contributed by atoms with Crippen molar-refractivity contribution in [3.8, 4) is 0 Å². The first kappa shape index (κ1) is 10.2.